The minimum absolute atomic E-state index is 0.525. The molecule has 0 N–H and O–H groups in total. The second-order valence-corrected chi connectivity index (χ2v) is 5.53. The minimum atomic E-state index is 0.525. The van der Waals surface area contributed by atoms with Crippen molar-refractivity contribution in [2.45, 2.75) is 0 Å². The molecule has 0 fully saturated rings. The molecule has 2 aromatic rings. The number of halogens is 2. The van der Waals surface area contributed by atoms with Gasteiger partial charge >= 0.3 is 0 Å². The third kappa shape index (κ3) is 3.35. The SMILES string of the molecule is COc1ccc(N=Cc2cc(Br)c(N(C)C)o2)cc1Cl. The molecule has 2 rings (SSSR count). The molecule has 1 aromatic carbocycles. The number of ether oxygens (including phenoxy) is 1. The van der Waals surface area contributed by atoms with Crippen LogP contribution < -0.4 is 9.64 Å². The Kier molecular flexibility index (Phi) is 4.73. The Morgan fingerprint density at radius 1 is 1.35 bits per heavy atom. The van der Waals surface area contributed by atoms with Crippen LogP contribution in [0.4, 0.5) is 11.6 Å². The average molecular weight is 358 g/mol. The molecule has 0 radical (unpaired) electrons. The number of hydrogen-bond acceptors (Lipinski definition) is 4. The molecular formula is C14H14BrClN2O2. The van der Waals surface area contributed by atoms with Crippen molar-refractivity contribution >= 4 is 45.3 Å². The Balaban J connectivity index is 2.21. The van der Waals surface area contributed by atoms with Gasteiger partial charge in [0.2, 0.25) is 5.88 Å². The van der Waals surface area contributed by atoms with Crippen LogP contribution in [0.25, 0.3) is 0 Å². The summed E-state index contributed by atoms with van der Waals surface area (Å²) in [7, 11) is 5.40. The van der Waals surface area contributed by atoms with E-state index in [1.54, 1.807) is 25.5 Å². The van der Waals surface area contributed by atoms with Crippen LogP contribution in [0.2, 0.25) is 5.02 Å². The van der Waals surface area contributed by atoms with Crippen molar-refractivity contribution in [3.05, 3.63) is 39.5 Å². The maximum absolute atomic E-state index is 6.05. The molecule has 1 aromatic heterocycles. The van der Waals surface area contributed by atoms with Crippen LogP contribution in [0, 0.1) is 0 Å². The van der Waals surface area contributed by atoms with E-state index in [1.165, 1.54) is 0 Å². The van der Waals surface area contributed by atoms with Crippen LogP contribution in [0.1, 0.15) is 5.76 Å². The van der Waals surface area contributed by atoms with Crippen LogP contribution in [0.15, 0.2) is 38.1 Å². The molecule has 0 atom stereocenters. The van der Waals surface area contributed by atoms with E-state index in [0.29, 0.717) is 16.5 Å². The van der Waals surface area contributed by atoms with Crippen molar-refractivity contribution in [1.82, 2.24) is 0 Å². The quantitative estimate of drug-likeness (QED) is 0.755. The zero-order valence-electron chi connectivity index (χ0n) is 11.4. The Morgan fingerprint density at radius 3 is 2.65 bits per heavy atom. The summed E-state index contributed by atoms with van der Waals surface area (Å²) in [6.45, 7) is 0. The van der Waals surface area contributed by atoms with Crippen LogP contribution in [0.3, 0.4) is 0 Å². The van der Waals surface area contributed by atoms with Gasteiger partial charge in [-0.1, -0.05) is 11.6 Å². The normalized spacial score (nSPS) is 11.1. The predicted octanol–water partition coefficient (Wildman–Crippen LogP) is 4.52. The lowest BCUT2D eigenvalue weighted by atomic mass is 10.3. The zero-order valence-corrected chi connectivity index (χ0v) is 13.7. The fourth-order valence-electron chi connectivity index (χ4n) is 1.62. The van der Waals surface area contributed by atoms with Crippen LogP contribution >= 0.6 is 27.5 Å². The predicted molar refractivity (Wildman–Crippen MR) is 86.0 cm³/mol. The number of hydrogen-bond donors (Lipinski definition) is 0. The monoisotopic (exact) mass is 356 g/mol. The minimum Gasteiger partial charge on any atom is -0.495 e. The van der Waals surface area contributed by atoms with Crippen LogP contribution in [-0.4, -0.2) is 27.4 Å². The van der Waals surface area contributed by atoms with E-state index in [1.807, 2.05) is 31.1 Å². The second-order valence-electron chi connectivity index (χ2n) is 4.27. The molecule has 1 heterocycles. The lowest BCUT2D eigenvalue weighted by molar-refractivity contribution is 0.415. The highest BCUT2D eigenvalue weighted by Crippen LogP contribution is 2.30. The molecule has 106 valence electrons. The number of benzene rings is 1. The van der Waals surface area contributed by atoms with Gasteiger partial charge in [-0.2, -0.15) is 0 Å². The Hall–Kier alpha value is -1.46. The van der Waals surface area contributed by atoms with Gasteiger partial charge < -0.3 is 14.1 Å². The van der Waals surface area contributed by atoms with Crippen molar-refractivity contribution in [2.24, 2.45) is 4.99 Å². The van der Waals surface area contributed by atoms with E-state index in [4.69, 9.17) is 20.8 Å². The van der Waals surface area contributed by atoms with Crippen molar-refractivity contribution in [1.29, 1.82) is 0 Å². The standard InChI is InChI=1S/C14H14BrClN2O2/c1-18(2)14-11(15)7-10(20-14)8-17-9-4-5-13(19-3)12(16)6-9/h4-8H,1-3H3. The van der Waals surface area contributed by atoms with E-state index in [2.05, 4.69) is 20.9 Å². The summed E-state index contributed by atoms with van der Waals surface area (Å²) < 4.78 is 11.6. The fourth-order valence-corrected chi connectivity index (χ4v) is 2.53. The van der Waals surface area contributed by atoms with E-state index in [0.717, 1.165) is 16.0 Å². The van der Waals surface area contributed by atoms with Crippen LogP contribution in [-0.2, 0) is 0 Å². The number of furan rings is 1. The van der Waals surface area contributed by atoms with Crippen LogP contribution in [0.5, 0.6) is 5.75 Å². The number of rotatable bonds is 4. The maximum atomic E-state index is 6.05. The molecule has 4 nitrogen and oxygen atoms in total. The van der Waals surface area contributed by atoms with Gasteiger partial charge in [0, 0.05) is 20.2 Å². The highest BCUT2D eigenvalue weighted by Gasteiger charge is 2.09. The van der Waals surface area contributed by atoms with E-state index in [-0.39, 0.29) is 0 Å². The van der Waals surface area contributed by atoms with Gasteiger partial charge in [-0.15, -0.1) is 0 Å². The third-order valence-corrected chi connectivity index (χ3v) is 3.43. The Labute approximate surface area is 131 Å². The van der Waals surface area contributed by atoms with Gasteiger partial charge in [-0.3, -0.25) is 4.99 Å². The number of aliphatic imine (C=N–C) groups is 1. The summed E-state index contributed by atoms with van der Waals surface area (Å²) in [5, 5.41) is 0.525. The first-order valence-corrected chi connectivity index (χ1v) is 7.02. The summed E-state index contributed by atoms with van der Waals surface area (Å²) in [5.41, 5.74) is 0.731. The maximum Gasteiger partial charge on any atom is 0.210 e. The molecular weight excluding hydrogens is 344 g/mol. The summed E-state index contributed by atoms with van der Waals surface area (Å²) >= 11 is 9.49. The molecule has 20 heavy (non-hydrogen) atoms. The van der Waals surface area contributed by atoms with E-state index in [9.17, 15) is 0 Å². The fraction of sp³-hybridized carbons (Fsp3) is 0.214. The first-order valence-electron chi connectivity index (χ1n) is 5.85. The highest BCUT2D eigenvalue weighted by molar-refractivity contribution is 9.10. The van der Waals surface area contributed by atoms with Crippen molar-refractivity contribution in [3.8, 4) is 5.75 Å². The zero-order chi connectivity index (χ0) is 14.7. The van der Waals surface area contributed by atoms with Crippen molar-refractivity contribution in [3.63, 3.8) is 0 Å². The number of methoxy groups -OCH3 is 1. The van der Waals surface area contributed by atoms with Gasteiger partial charge in [0.15, 0.2) is 0 Å². The van der Waals surface area contributed by atoms with Gasteiger partial charge in [-0.05, 0) is 34.1 Å². The largest absolute Gasteiger partial charge is 0.495 e. The highest BCUT2D eigenvalue weighted by atomic mass is 79.9. The second kappa shape index (κ2) is 6.33. The average Bonchev–Trinajstić information content (AvgIpc) is 2.78. The number of nitrogens with zero attached hydrogens (tertiary/aromatic N) is 2. The summed E-state index contributed by atoms with van der Waals surface area (Å²) in [6.07, 6.45) is 1.65. The topological polar surface area (TPSA) is 38.0 Å². The van der Waals surface area contributed by atoms with E-state index < -0.39 is 0 Å². The molecule has 0 aliphatic rings. The first-order chi connectivity index (χ1) is 9.51. The number of anilines is 1. The summed E-state index contributed by atoms with van der Waals surface area (Å²) in [5.74, 6) is 2.04. The van der Waals surface area contributed by atoms with Gasteiger partial charge in [-0.25, -0.2) is 0 Å². The first kappa shape index (κ1) is 14.9. The molecule has 6 heteroatoms. The molecule has 0 unspecified atom stereocenters. The lowest BCUT2D eigenvalue weighted by Crippen LogP contribution is -2.07. The molecule has 0 saturated heterocycles. The summed E-state index contributed by atoms with van der Waals surface area (Å²) in [4.78, 5) is 6.21. The van der Waals surface area contributed by atoms with Gasteiger partial charge in [0.1, 0.15) is 11.5 Å². The molecule has 0 saturated carbocycles. The van der Waals surface area contributed by atoms with Crippen molar-refractivity contribution in [2.75, 3.05) is 26.1 Å². The lowest BCUT2D eigenvalue weighted by Gasteiger charge is -2.07. The van der Waals surface area contributed by atoms with Gasteiger partial charge in [0.05, 0.1) is 28.5 Å². The van der Waals surface area contributed by atoms with Gasteiger partial charge in [0.25, 0.3) is 0 Å². The summed E-state index contributed by atoms with van der Waals surface area (Å²) in [6, 6.07) is 7.20. The molecule has 0 amide bonds. The molecule has 0 spiro atoms. The Morgan fingerprint density at radius 2 is 2.10 bits per heavy atom. The van der Waals surface area contributed by atoms with Crippen molar-refractivity contribution < 1.29 is 9.15 Å². The van der Waals surface area contributed by atoms with E-state index >= 15 is 0 Å². The third-order valence-electron chi connectivity index (χ3n) is 2.57. The molecule has 0 aliphatic carbocycles. The Bertz CT molecular complexity index is 638. The smallest absolute Gasteiger partial charge is 0.210 e. The molecule has 0 bridgehead atoms. The molecule has 0 aliphatic heterocycles.